The molecule has 19 heteroatoms. The Morgan fingerprint density at radius 2 is 1.15 bits per heavy atom. The molecule has 0 unspecified atom stereocenters. The number of allylic oxidation sites excluding steroid dienone is 1. The lowest BCUT2D eigenvalue weighted by Gasteiger charge is -2.23. The summed E-state index contributed by atoms with van der Waals surface area (Å²) in [5.41, 5.74) is 1.29. The van der Waals surface area contributed by atoms with Crippen LogP contribution in [0.1, 0.15) is 80.1 Å². The van der Waals surface area contributed by atoms with E-state index in [0.717, 1.165) is 12.8 Å². The van der Waals surface area contributed by atoms with Crippen LogP contribution in [0.2, 0.25) is 0 Å². The Morgan fingerprint density at radius 1 is 0.717 bits per heavy atom. The van der Waals surface area contributed by atoms with Crippen LogP contribution in [0.25, 0.3) is 0 Å². The average molecular weight is 873 g/mol. The molecule has 60 heavy (non-hydrogen) atoms. The highest BCUT2D eigenvalue weighted by Crippen LogP contribution is 2.46. The van der Waals surface area contributed by atoms with Crippen molar-refractivity contribution >= 4 is 61.3 Å². The average Bonchev–Trinajstić information content (AvgIpc) is 4.03. The Kier molecular flexibility index (Phi) is 15.5. The van der Waals surface area contributed by atoms with E-state index in [1.54, 1.807) is 59.8 Å². The fraction of sp³-hybridized carbons (Fsp3) is 0.439. The molecule has 0 spiro atoms. The highest BCUT2D eigenvalue weighted by molar-refractivity contribution is 7.90. The standard InChI is InChI=1S/C24H33N3O6S.C17H23N3O5S/c1-6-8-9-10-15-20(28)25-18-13-11-12-14-19(18)34(31,32)27-21(29)24(16-17(24)7-2)26-22(30)33-23(3,4)5;1-5-11-10-17(11,19-15(22)25-16(2,3)4)14(21)20-26(23,24)13-9-7-6-8-12(13)18/h6-7,11-14,17H,1-2,8-10,15-16H2,3-5H3,(H,25,28)(H,26,30)(H,27,29);5-9,11H,1,10,18H2,2-4H3,(H,19,22)(H,20,21)/t17-,24-;11-,17-/m11/s1. The molecule has 7 N–H and O–H groups in total. The van der Waals surface area contributed by atoms with Crippen molar-refractivity contribution in [1.82, 2.24) is 20.1 Å². The van der Waals surface area contributed by atoms with Crippen LogP contribution in [-0.2, 0) is 43.9 Å². The van der Waals surface area contributed by atoms with Gasteiger partial charge in [-0.3, -0.25) is 14.4 Å². The molecule has 0 aliphatic heterocycles. The molecule has 0 radical (unpaired) electrons. The lowest BCUT2D eigenvalue weighted by Crippen LogP contribution is -2.52. The maximum Gasteiger partial charge on any atom is 0.408 e. The number of sulfonamides is 2. The van der Waals surface area contributed by atoms with Crippen molar-refractivity contribution < 1.29 is 50.3 Å². The predicted molar refractivity (Wildman–Crippen MR) is 226 cm³/mol. The number of anilines is 2. The fourth-order valence-electron chi connectivity index (χ4n) is 5.89. The van der Waals surface area contributed by atoms with Gasteiger partial charge in [0.05, 0.1) is 11.4 Å². The van der Waals surface area contributed by atoms with Gasteiger partial charge >= 0.3 is 12.2 Å². The number of alkyl carbamates (subject to hydrolysis) is 2. The van der Waals surface area contributed by atoms with Crippen molar-refractivity contribution in [1.29, 1.82) is 0 Å². The number of nitrogen functional groups attached to an aromatic ring is 1. The molecule has 17 nitrogen and oxygen atoms in total. The van der Waals surface area contributed by atoms with Crippen LogP contribution in [0.15, 0.2) is 96.3 Å². The molecule has 2 aromatic carbocycles. The number of hydrogen-bond donors (Lipinski definition) is 6. The van der Waals surface area contributed by atoms with Gasteiger partial charge in [0.1, 0.15) is 32.1 Å². The van der Waals surface area contributed by atoms with Crippen LogP contribution in [-0.4, -0.2) is 69.0 Å². The van der Waals surface area contributed by atoms with Crippen LogP contribution in [0.4, 0.5) is 21.0 Å². The van der Waals surface area contributed by atoms with Crippen molar-refractivity contribution in [3.8, 4) is 0 Å². The van der Waals surface area contributed by atoms with E-state index in [1.807, 2.05) is 9.44 Å². The molecule has 5 amide bonds. The first-order valence-electron chi connectivity index (χ1n) is 19.0. The normalized spacial score (nSPS) is 20.6. The molecule has 2 fully saturated rings. The molecule has 328 valence electrons. The third-order valence-electron chi connectivity index (χ3n) is 9.03. The Balaban J connectivity index is 0.000000332. The zero-order valence-corrected chi connectivity index (χ0v) is 36.4. The third-order valence-corrected chi connectivity index (χ3v) is 11.8. The second kappa shape index (κ2) is 19.1. The lowest BCUT2D eigenvalue weighted by atomic mass is 10.2. The Labute approximate surface area is 352 Å². The number of carbonyl (C=O) groups is 5. The molecular formula is C41H56N6O11S2. The zero-order valence-electron chi connectivity index (χ0n) is 34.8. The van der Waals surface area contributed by atoms with Gasteiger partial charge in [-0.25, -0.2) is 35.9 Å². The van der Waals surface area contributed by atoms with Crippen molar-refractivity contribution in [3.63, 3.8) is 0 Å². The van der Waals surface area contributed by atoms with Crippen LogP contribution in [0, 0.1) is 11.8 Å². The van der Waals surface area contributed by atoms with Gasteiger partial charge in [-0.15, -0.1) is 19.7 Å². The molecule has 2 aliphatic carbocycles. The predicted octanol–water partition coefficient (Wildman–Crippen LogP) is 5.19. The Hall–Kier alpha value is -5.69. The first-order chi connectivity index (χ1) is 27.8. The molecule has 0 aromatic heterocycles. The van der Waals surface area contributed by atoms with E-state index >= 15 is 0 Å². The number of para-hydroxylation sites is 2. The van der Waals surface area contributed by atoms with Gasteiger partial charge in [-0.2, -0.15) is 0 Å². The van der Waals surface area contributed by atoms with Crippen LogP contribution in [0.3, 0.4) is 0 Å². The maximum atomic E-state index is 13.1. The summed E-state index contributed by atoms with van der Waals surface area (Å²) in [7, 11) is -8.55. The summed E-state index contributed by atoms with van der Waals surface area (Å²) in [5.74, 6) is -2.97. The van der Waals surface area contributed by atoms with E-state index in [4.69, 9.17) is 15.2 Å². The minimum absolute atomic E-state index is 0.0121. The monoisotopic (exact) mass is 872 g/mol. The van der Waals surface area contributed by atoms with E-state index in [1.165, 1.54) is 48.6 Å². The molecule has 0 bridgehead atoms. The topological polar surface area (TPSA) is 258 Å². The quantitative estimate of drug-likeness (QED) is 0.0724. The molecule has 2 aliphatic rings. The number of benzene rings is 2. The maximum absolute atomic E-state index is 13.1. The van der Waals surface area contributed by atoms with Crippen LogP contribution < -0.4 is 31.1 Å². The van der Waals surface area contributed by atoms with E-state index in [9.17, 15) is 40.8 Å². The molecule has 4 atom stereocenters. The highest BCUT2D eigenvalue weighted by atomic mass is 32.2. The van der Waals surface area contributed by atoms with Gasteiger partial charge in [0, 0.05) is 18.3 Å². The number of ether oxygens (including phenoxy) is 2. The van der Waals surface area contributed by atoms with Crippen LogP contribution in [0.5, 0.6) is 0 Å². The number of carbonyl (C=O) groups excluding carboxylic acids is 5. The summed E-state index contributed by atoms with van der Waals surface area (Å²) in [6, 6.07) is 11.6. The fourth-order valence-corrected chi connectivity index (χ4v) is 8.27. The van der Waals surface area contributed by atoms with E-state index < -0.39 is 78.2 Å². The number of nitrogens with two attached hydrogens (primary N) is 1. The molecule has 2 saturated carbocycles. The minimum atomic E-state index is -4.36. The lowest BCUT2D eigenvalue weighted by molar-refractivity contribution is -0.123. The van der Waals surface area contributed by atoms with Gasteiger partial charge in [0.15, 0.2) is 0 Å². The van der Waals surface area contributed by atoms with Gasteiger partial charge < -0.3 is 31.2 Å². The highest BCUT2D eigenvalue weighted by Gasteiger charge is 2.62. The summed E-state index contributed by atoms with van der Waals surface area (Å²) in [6.07, 6.45) is 5.92. The third kappa shape index (κ3) is 13.2. The number of hydrogen-bond acceptors (Lipinski definition) is 12. The summed E-state index contributed by atoms with van der Waals surface area (Å²) in [6.45, 7) is 20.9. The molecule has 0 saturated heterocycles. The summed E-state index contributed by atoms with van der Waals surface area (Å²) in [4.78, 5) is 61.8. The van der Waals surface area contributed by atoms with Gasteiger partial charge in [-0.05, 0) is 97.9 Å². The van der Waals surface area contributed by atoms with Gasteiger partial charge in [-0.1, -0.05) is 42.5 Å². The summed E-state index contributed by atoms with van der Waals surface area (Å²) >= 11 is 0. The Bertz CT molecular complexity index is 2210. The number of nitrogens with one attached hydrogen (secondary N) is 5. The first kappa shape index (κ1) is 48.7. The van der Waals surface area contributed by atoms with E-state index in [-0.39, 0.29) is 46.3 Å². The minimum Gasteiger partial charge on any atom is -0.444 e. The second-order valence-corrected chi connectivity index (χ2v) is 19.6. The van der Waals surface area contributed by atoms with Crippen molar-refractivity contribution in [2.45, 2.75) is 112 Å². The van der Waals surface area contributed by atoms with E-state index in [2.05, 4.69) is 35.7 Å². The summed E-state index contributed by atoms with van der Waals surface area (Å²) in [5, 5.41) is 7.56. The zero-order chi connectivity index (χ0) is 45.3. The summed E-state index contributed by atoms with van der Waals surface area (Å²) < 4.78 is 65.4. The number of unbranched alkanes of at least 4 members (excludes halogenated alkanes) is 2. The van der Waals surface area contributed by atoms with Crippen LogP contribution >= 0.6 is 0 Å². The van der Waals surface area contributed by atoms with Gasteiger partial charge in [0.25, 0.3) is 31.9 Å². The Morgan fingerprint density at radius 3 is 1.57 bits per heavy atom. The largest absolute Gasteiger partial charge is 0.444 e. The smallest absolute Gasteiger partial charge is 0.408 e. The number of amides is 5. The molecule has 0 heterocycles. The molecular weight excluding hydrogens is 817 g/mol. The second-order valence-electron chi connectivity index (χ2n) is 16.3. The SMILES string of the molecule is C=CCCCCC(=O)Nc1ccccc1S(=O)(=O)NC(=O)[C@@]1(NC(=O)OC(C)(C)C)C[C@H]1C=C.C=C[C@@H]1C[C@]1(NC(=O)OC(C)(C)C)C(=O)NS(=O)(=O)c1ccccc1N. The van der Waals surface area contributed by atoms with E-state index in [0.29, 0.717) is 6.42 Å². The number of rotatable bonds is 16. The first-order valence-corrected chi connectivity index (χ1v) is 22.0. The van der Waals surface area contributed by atoms with Crippen molar-refractivity contribution in [3.05, 3.63) is 86.5 Å². The van der Waals surface area contributed by atoms with Crippen molar-refractivity contribution in [2.75, 3.05) is 11.1 Å². The van der Waals surface area contributed by atoms with Crippen molar-refractivity contribution in [2.24, 2.45) is 11.8 Å². The molecule has 4 rings (SSSR count). The molecule has 2 aromatic rings. The van der Waals surface area contributed by atoms with Gasteiger partial charge in [0.2, 0.25) is 5.91 Å².